The number of halogens is 2. The zero-order valence-electron chi connectivity index (χ0n) is 15.4. The number of epoxide rings is 1. The molecule has 1 aliphatic rings. The molecule has 1 aliphatic heterocycles. The van der Waals surface area contributed by atoms with Crippen LogP contribution in [0.2, 0.25) is 0 Å². The number of hydrogen-bond acceptors (Lipinski definition) is 4. The van der Waals surface area contributed by atoms with Crippen molar-refractivity contribution < 1.29 is 18.3 Å². The first-order chi connectivity index (χ1) is 13.5. The van der Waals surface area contributed by atoms with Gasteiger partial charge in [0.05, 0.1) is 25.3 Å². The van der Waals surface area contributed by atoms with Gasteiger partial charge in [-0.1, -0.05) is 18.2 Å². The largest absolute Gasteiger partial charge is 0.497 e. The van der Waals surface area contributed by atoms with Crippen molar-refractivity contribution in [2.45, 2.75) is 18.6 Å². The van der Waals surface area contributed by atoms with Gasteiger partial charge in [0.25, 0.3) is 5.56 Å². The lowest BCUT2D eigenvalue weighted by Crippen LogP contribution is -2.34. The second kappa shape index (κ2) is 6.83. The van der Waals surface area contributed by atoms with Gasteiger partial charge in [0.1, 0.15) is 23.0 Å². The fourth-order valence-electron chi connectivity index (χ4n) is 3.42. The lowest BCUT2D eigenvalue weighted by molar-refractivity contribution is 0.210. The summed E-state index contributed by atoms with van der Waals surface area (Å²) in [5.74, 6) is -0.686. The highest BCUT2D eigenvalue weighted by Gasteiger charge is 2.54. The van der Waals surface area contributed by atoms with E-state index in [1.165, 1.54) is 23.0 Å². The average molecular weight is 384 g/mol. The normalized spacial score (nSPS) is 19.3. The Morgan fingerprint density at radius 1 is 1.18 bits per heavy atom. The molecule has 5 nitrogen and oxygen atoms in total. The summed E-state index contributed by atoms with van der Waals surface area (Å²) in [6, 6.07) is 11.5. The molecule has 0 radical (unpaired) electrons. The van der Waals surface area contributed by atoms with Crippen LogP contribution in [0.3, 0.4) is 0 Å². The molecule has 1 saturated heterocycles. The Morgan fingerprint density at radius 2 is 1.89 bits per heavy atom. The molecule has 2 aromatic carbocycles. The van der Waals surface area contributed by atoms with Gasteiger partial charge in [0.15, 0.2) is 0 Å². The molecule has 144 valence electrons. The second-order valence-corrected chi connectivity index (χ2v) is 6.70. The van der Waals surface area contributed by atoms with E-state index in [-0.39, 0.29) is 17.7 Å². The highest BCUT2D eigenvalue weighted by atomic mass is 19.1. The maximum Gasteiger partial charge on any atom is 0.274 e. The van der Waals surface area contributed by atoms with E-state index in [9.17, 15) is 13.6 Å². The molecular weight excluding hydrogens is 366 g/mol. The SMILES string of the molecule is COc1ccc(-c2ccnn([C@H](C)[C@@]3(c4ccc(F)cc4F)CO3)c2=O)cc1. The van der Waals surface area contributed by atoms with Gasteiger partial charge < -0.3 is 9.47 Å². The predicted molar refractivity (Wildman–Crippen MR) is 99.2 cm³/mol. The smallest absolute Gasteiger partial charge is 0.274 e. The molecule has 3 aromatic rings. The lowest BCUT2D eigenvalue weighted by Gasteiger charge is -2.22. The van der Waals surface area contributed by atoms with Crippen LogP contribution in [0.1, 0.15) is 18.5 Å². The highest BCUT2D eigenvalue weighted by Crippen LogP contribution is 2.48. The molecular formula is C21H18F2N2O3. The van der Waals surface area contributed by atoms with Gasteiger partial charge in [0.2, 0.25) is 0 Å². The average Bonchev–Trinajstić information content (AvgIpc) is 3.49. The van der Waals surface area contributed by atoms with E-state index in [0.717, 1.165) is 6.07 Å². The Kier molecular flexibility index (Phi) is 4.47. The minimum absolute atomic E-state index is 0.213. The summed E-state index contributed by atoms with van der Waals surface area (Å²) in [4.78, 5) is 13.1. The summed E-state index contributed by atoms with van der Waals surface area (Å²) < 4.78 is 39.6. The molecule has 0 amide bonds. The molecule has 28 heavy (non-hydrogen) atoms. The monoisotopic (exact) mass is 384 g/mol. The Bertz CT molecular complexity index is 1080. The van der Waals surface area contributed by atoms with E-state index in [1.807, 2.05) is 0 Å². The Morgan fingerprint density at radius 3 is 2.50 bits per heavy atom. The third-order valence-electron chi connectivity index (χ3n) is 5.16. The molecule has 0 bridgehead atoms. The topological polar surface area (TPSA) is 56.6 Å². The number of methoxy groups -OCH3 is 1. The first-order valence-electron chi connectivity index (χ1n) is 8.78. The van der Waals surface area contributed by atoms with E-state index in [0.29, 0.717) is 16.9 Å². The number of hydrogen-bond donors (Lipinski definition) is 0. The van der Waals surface area contributed by atoms with Gasteiger partial charge in [-0.2, -0.15) is 5.10 Å². The van der Waals surface area contributed by atoms with Gasteiger partial charge in [-0.3, -0.25) is 4.79 Å². The van der Waals surface area contributed by atoms with Gasteiger partial charge in [-0.15, -0.1) is 0 Å². The molecule has 4 rings (SSSR count). The lowest BCUT2D eigenvalue weighted by atomic mass is 9.92. The van der Waals surface area contributed by atoms with Gasteiger partial charge in [-0.25, -0.2) is 13.5 Å². The van der Waals surface area contributed by atoms with Crippen LogP contribution in [0.4, 0.5) is 8.78 Å². The first-order valence-corrected chi connectivity index (χ1v) is 8.78. The summed E-state index contributed by atoms with van der Waals surface area (Å²) in [6.45, 7) is 1.96. The van der Waals surface area contributed by atoms with Crippen molar-refractivity contribution in [2.24, 2.45) is 0 Å². The van der Waals surface area contributed by atoms with Crippen LogP contribution < -0.4 is 10.3 Å². The van der Waals surface area contributed by atoms with Crippen LogP contribution in [0.25, 0.3) is 11.1 Å². The minimum atomic E-state index is -1.05. The molecule has 1 aromatic heterocycles. The first kappa shape index (κ1) is 18.3. The van der Waals surface area contributed by atoms with Crippen molar-refractivity contribution in [3.63, 3.8) is 0 Å². The predicted octanol–water partition coefficient (Wildman–Crippen LogP) is 3.68. The fraction of sp³-hybridized carbons (Fsp3) is 0.238. The van der Waals surface area contributed by atoms with Crippen molar-refractivity contribution in [1.82, 2.24) is 9.78 Å². The standard InChI is InChI=1S/C21H18F2N2O3/c1-13(21(12-28-21)18-8-5-15(22)11-19(18)23)25-20(26)17(9-10-24-25)14-3-6-16(27-2)7-4-14/h3-11,13H,12H2,1-2H3/t13-,21-/m1/s1. The molecule has 7 heteroatoms. The van der Waals surface area contributed by atoms with Crippen LogP contribution in [-0.2, 0) is 10.3 Å². The van der Waals surface area contributed by atoms with Crippen molar-refractivity contribution >= 4 is 0 Å². The van der Waals surface area contributed by atoms with E-state index in [1.54, 1.807) is 44.4 Å². The Balaban J connectivity index is 1.74. The number of ether oxygens (including phenoxy) is 2. The molecule has 2 atom stereocenters. The number of nitrogens with zero attached hydrogens (tertiary/aromatic N) is 2. The van der Waals surface area contributed by atoms with Gasteiger partial charge in [0, 0.05) is 17.8 Å². The quantitative estimate of drug-likeness (QED) is 0.630. The van der Waals surface area contributed by atoms with Crippen LogP contribution in [0, 0.1) is 11.6 Å². The molecule has 0 spiro atoms. The van der Waals surface area contributed by atoms with E-state index in [4.69, 9.17) is 9.47 Å². The van der Waals surface area contributed by atoms with E-state index < -0.39 is 23.3 Å². The minimum Gasteiger partial charge on any atom is -0.497 e. The Hall–Kier alpha value is -3.06. The molecule has 0 unspecified atom stereocenters. The van der Waals surface area contributed by atoms with Crippen LogP contribution in [0.5, 0.6) is 5.75 Å². The van der Waals surface area contributed by atoms with Crippen molar-refractivity contribution in [2.75, 3.05) is 13.7 Å². The zero-order valence-corrected chi connectivity index (χ0v) is 15.4. The van der Waals surface area contributed by atoms with Crippen molar-refractivity contribution in [1.29, 1.82) is 0 Å². The van der Waals surface area contributed by atoms with Crippen LogP contribution >= 0.6 is 0 Å². The summed E-state index contributed by atoms with van der Waals surface area (Å²) >= 11 is 0. The molecule has 0 saturated carbocycles. The molecule has 0 N–H and O–H groups in total. The summed E-state index contributed by atoms with van der Waals surface area (Å²) in [7, 11) is 1.57. The number of rotatable bonds is 5. The molecule has 2 heterocycles. The summed E-state index contributed by atoms with van der Waals surface area (Å²) in [5, 5.41) is 4.18. The third-order valence-corrected chi connectivity index (χ3v) is 5.16. The fourth-order valence-corrected chi connectivity index (χ4v) is 3.42. The number of aromatic nitrogens is 2. The molecule has 1 fully saturated rings. The summed E-state index contributed by atoms with van der Waals surface area (Å²) in [6.07, 6.45) is 1.52. The molecule has 0 aliphatic carbocycles. The third kappa shape index (κ3) is 2.97. The maximum atomic E-state index is 14.3. The number of benzene rings is 2. The second-order valence-electron chi connectivity index (χ2n) is 6.70. The highest BCUT2D eigenvalue weighted by molar-refractivity contribution is 5.62. The van der Waals surface area contributed by atoms with Crippen LogP contribution in [0.15, 0.2) is 59.5 Å². The maximum absolute atomic E-state index is 14.3. The van der Waals surface area contributed by atoms with E-state index >= 15 is 0 Å². The van der Waals surface area contributed by atoms with Crippen LogP contribution in [-0.4, -0.2) is 23.5 Å². The van der Waals surface area contributed by atoms with Crippen molar-refractivity contribution in [3.05, 3.63) is 82.3 Å². The van der Waals surface area contributed by atoms with Gasteiger partial charge >= 0.3 is 0 Å². The summed E-state index contributed by atoms with van der Waals surface area (Å²) in [5.41, 5.74) is 0.0166. The zero-order chi connectivity index (χ0) is 19.9. The van der Waals surface area contributed by atoms with Crippen molar-refractivity contribution in [3.8, 4) is 16.9 Å². The Labute approximate surface area is 160 Å². The van der Waals surface area contributed by atoms with Gasteiger partial charge in [-0.05, 0) is 36.8 Å². The van der Waals surface area contributed by atoms with E-state index in [2.05, 4.69) is 5.10 Å².